The zero-order chi connectivity index (χ0) is 13.6. The van der Waals surface area contributed by atoms with Crippen molar-refractivity contribution in [3.8, 4) is 0 Å². The molecule has 0 saturated carbocycles. The Morgan fingerprint density at radius 3 is 2.28 bits per heavy atom. The van der Waals surface area contributed by atoms with Gasteiger partial charge in [0, 0.05) is 24.2 Å². The van der Waals surface area contributed by atoms with Crippen LogP contribution in [0.1, 0.15) is 33.6 Å². The molecular formula is C15H24FNO. The van der Waals surface area contributed by atoms with Gasteiger partial charge in [-0.25, -0.2) is 4.39 Å². The van der Waals surface area contributed by atoms with E-state index in [0.717, 1.165) is 31.6 Å². The van der Waals surface area contributed by atoms with Crippen molar-refractivity contribution in [1.82, 2.24) is 0 Å². The van der Waals surface area contributed by atoms with Crippen molar-refractivity contribution in [1.29, 1.82) is 0 Å². The zero-order valence-electron chi connectivity index (χ0n) is 11.6. The Morgan fingerprint density at radius 1 is 1.22 bits per heavy atom. The van der Waals surface area contributed by atoms with Crippen LogP contribution >= 0.6 is 0 Å². The Hall–Kier alpha value is -1.09. The molecule has 1 unspecified atom stereocenters. The number of benzene rings is 1. The third kappa shape index (κ3) is 3.98. The van der Waals surface area contributed by atoms with Gasteiger partial charge in [0.25, 0.3) is 0 Å². The molecule has 1 rings (SSSR count). The number of halogens is 1. The molecule has 0 aliphatic rings. The summed E-state index contributed by atoms with van der Waals surface area (Å²) < 4.78 is 12.9. The summed E-state index contributed by atoms with van der Waals surface area (Å²) in [6.45, 7) is 8.13. The summed E-state index contributed by atoms with van der Waals surface area (Å²) in [7, 11) is 0. The lowest BCUT2D eigenvalue weighted by atomic mass is 9.86. The minimum atomic E-state index is -0.215. The molecule has 1 aromatic carbocycles. The third-order valence-electron chi connectivity index (χ3n) is 3.38. The van der Waals surface area contributed by atoms with E-state index in [9.17, 15) is 9.50 Å². The Morgan fingerprint density at radius 2 is 1.83 bits per heavy atom. The SMILES string of the molecule is CCCC(C)(CO)CN(CC)c1ccc(F)cc1. The van der Waals surface area contributed by atoms with Gasteiger partial charge in [0.1, 0.15) is 5.82 Å². The number of rotatable bonds is 7. The highest BCUT2D eigenvalue weighted by Gasteiger charge is 2.25. The summed E-state index contributed by atoms with van der Waals surface area (Å²) in [4.78, 5) is 2.19. The van der Waals surface area contributed by atoms with Crippen molar-refractivity contribution in [2.45, 2.75) is 33.6 Å². The van der Waals surface area contributed by atoms with E-state index in [2.05, 4.69) is 25.7 Å². The average molecular weight is 253 g/mol. The van der Waals surface area contributed by atoms with Crippen LogP contribution in [0.15, 0.2) is 24.3 Å². The molecule has 0 fully saturated rings. The highest BCUT2D eigenvalue weighted by atomic mass is 19.1. The molecule has 0 aliphatic heterocycles. The fourth-order valence-corrected chi connectivity index (χ4v) is 2.31. The highest BCUT2D eigenvalue weighted by Crippen LogP contribution is 2.26. The second kappa shape index (κ2) is 6.74. The first-order valence-corrected chi connectivity index (χ1v) is 6.66. The van der Waals surface area contributed by atoms with Crippen LogP contribution in [0.3, 0.4) is 0 Å². The van der Waals surface area contributed by atoms with Gasteiger partial charge in [-0.2, -0.15) is 0 Å². The van der Waals surface area contributed by atoms with E-state index in [0.29, 0.717) is 0 Å². The van der Waals surface area contributed by atoms with Gasteiger partial charge in [-0.05, 0) is 37.6 Å². The quantitative estimate of drug-likeness (QED) is 0.804. The highest BCUT2D eigenvalue weighted by molar-refractivity contribution is 5.46. The second-order valence-electron chi connectivity index (χ2n) is 5.21. The molecular weight excluding hydrogens is 229 g/mol. The molecule has 0 saturated heterocycles. The van der Waals surface area contributed by atoms with Gasteiger partial charge in [-0.15, -0.1) is 0 Å². The Labute approximate surface area is 109 Å². The lowest BCUT2D eigenvalue weighted by Crippen LogP contribution is -2.38. The first-order valence-electron chi connectivity index (χ1n) is 6.66. The molecule has 3 heteroatoms. The molecule has 0 radical (unpaired) electrons. The molecule has 0 bridgehead atoms. The normalized spacial score (nSPS) is 14.3. The number of nitrogens with zero attached hydrogens (tertiary/aromatic N) is 1. The van der Waals surface area contributed by atoms with Crippen LogP contribution < -0.4 is 4.90 Å². The Balaban J connectivity index is 2.80. The van der Waals surface area contributed by atoms with Gasteiger partial charge < -0.3 is 10.0 Å². The maximum absolute atomic E-state index is 12.9. The monoisotopic (exact) mass is 253 g/mol. The van der Waals surface area contributed by atoms with Crippen LogP contribution in [0.2, 0.25) is 0 Å². The van der Waals surface area contributed by atoms with E-state index < -0.39 is 0 Å². The van der Waals surface area contributed by atoms with Crippen molar-refractivity contribution in [2.75, 3.05) is 24.6 Å². The molecule has 102 valence electrons. The van der Waals surface area contributed by atoms with Crippen LogP contribution in [0.4, 0.5) is 10.1 Å². The van der Waals surface area contributed by atoms with E-state index in [1.807, 2.05) is 0 Å². The van der Waals surface area contributed by atoms with E-state index in [1.165, 1.54) is 12.1 Å². The van der Waals surface area contributed by atoms with Crippen LogP contribution in [-0.4, -0.2) is 24.8 Å². The number of hydrogen-bond donors (Lipinski definition) is 1. The fourth-order valence-electron chi connectivity index (χ4n) is 2.31. The fraction of sp³-hybridized carbons (Fsp3) is 0.600. The van der Waals surface area contributed by atoms with Gasteiger partial charge >= 0.3 is 0 Å². The predicted octanol–water partition coefficient (Wildman–Crippen LogP) is 3.45. The van der Waals surface area contributed by atoms with E-state index in [-0.39, 0.29) is 17.8 Å². The summed E-state index contributed by atoms with van der Waals surface area (Å²) in [6.07, 6.45) is 2.04. The molecule has 2 nitrogen and oxygen atoms in total. The standard InChI is InChI=1S/C15H24FNO/c1-4-10-15(3,12-18)11-17(5-2)14-8-6-13(16)7-9-14/h6-9,18H,4-5,10-12H2,1-3H3. The number of aliphatic hydroxyl groups is 1. The third-order valence-corrected chi connectivity index (χ3v) is 3.38. The van der Waals surface area contributed by atoms with E-state index in [1.54, 1.807) is 12.1 Å². The lowest BCUT2D eigenvalue weighted by molar-refractivity contribution is 0.137. The van der Waals surface area contributed by atoms with E-state index >= 15 is 0 Å². The second-order valence-corrected chi connectivity index (χ2v) is 5.21. The predicted molar refractivity (Wildman–Crippen MR) is 74.4 cm³/mol. The van der Waals surface area contributed by atoms with Gasteiger partial charge in [0.05, 0.1) is 6.61 Å². The number of aliphatic hydroxyl groups excluding tert-OH is 1. The first-order chi connectivity index (χ1) is 8.54. The first kappa shape index (κ1) is 15.0. The lowest BCUT2D eigenvalue weighted by Gasteiger charge is -2.35. The molecule has 1 aromatic rings. The molecule has 1 N–H and O–H groups in total. The van der Waals surface area contributed by atoms with Crippen LogP contribution in [0, 0.1) is 11.2 Å². The minimum absolute atomic E-state index is 0.0981. The van der Waals surface area contributed by atoms with Crippen molar-refractivity contribution in [3.63, 3.8) is 0 Å². The zero-order valence-corrected chi connectivity index (χ0v) is 11.6. The number of hydrogen-bond acceptors (Lipinski definition) is 2. The van der Waals surface area contributed by atoms with Crippen LogP contribution in [0.25, 0.3) is 0 Å². The minimum Gasteiger partial charge on any atom is -0.396 e. The topological polar surface area (TPSA) is 23.5 Å². The van der Waals surface area contributed by atoms with Crippen molar-refractivity contribution < 1.29 is 9.50 Å². The van der Waals surface area contributed by atoms with Gasteiger partial charge in [-0.1, -0.05) is 20.3 Å². The average Bonchev–Trinajstić information content (AvgIpc) is 2.37. The van der Waals surface area contributed by atoms with E-state index in [4.69, 9.17) is 0 Å². The summed E-state index contributed by atoms with van der Waals surface area (Å²) in [5.74, 6) is -0.215. The Bertz CT molecular complexity index is 352. The molecule has 0 aromatic heterocycles. The summed E-state index contributed by atoms with van der Waals surface area (Å²) in [5, 5.41) is 9.57. The van der Waals surface area contributed by atoms with Gasteiger partial charge in [-0.3, -0.25) is 0 Å². The maximum atomic E-state index is 12.9. The summed E-state index contributed by atoms with van der Waals surface area (Å²) in [6, 6.07) is 6.55. The summed E-state index contributed by atoms with van der Waals surface area (Å²) >= 11 is 0. The smallest absolute Gasteiger partial charge is 0.123 e. The van der Waals surface area contributed by atoms with Gasteiger partial charge in [0.2, 0.25) is 0 Å². The largest absolute Gasteiger partial charge is 0.396 e. The summed E-state index contributed by atoms with van der Waals surface area (Å²) in [5.41, 5.74) is 0.911. The molecule has 0 amide bonds. The van der Waals surface area contributed by atoms with Crippen LogP contribution in [-0.2, 0) is 0 Å². The molecule has 0 spiro atoms. The van der Waals surface area contributed by atoms with Gasteiger partial charge in [0.15, 0.2) is 0 Å². The molecule has 1 atom stereocenters. The van der Waals surface area contributed by atoms with Crippen molar-refractivity contribution >= 4 is 5.69 Å². The Kier molecular flexibility index (Phi) is 5.60. The van der Waals surface area contributed by atoms with Crippen LogP contribution in [0.5, 0.6) is 0 Å². The number of anilines is 1. The molecule has 0 aliphatic carbocycles. The van der Waals surface area contributed by atoms with Crippen molar-refractivity contribution in [2.24, 2.45) is 5.41 Å². The molecule has 18 heavy (non-hydrogen) atoms. The maximum Gasteiger partial charge on any atom is 0.123 e. The molecule has 0 heterocycles. The van der Waals surface area contributed by atoms with Crippen molar-refractivity contribution in [3.05, 3.63) is 30.1 Å².